The number of ether oxygens (including phenoxy) is 2. The maximum atomic E-state index is 15.0. The van der Waals surface area contributed by atoms with E-state index >= 15 is 4.39 Å². The minimum atomic E-state index is -4.81. The molecule has 10 nitrogen and oxygen atoms in total. The van der Waals surface area contributed by atoms with Crippen molar-refractivity contribution in [3.8, 4) is 22.8 Å². The Labute approximate surface area is 252 Å². The number of hydrogen-bond donors (Lipinski definition) is 1. The fourth-order valence-corrected chi connectivity index (χ4v) is 5.16. The van der Waals surface area contributed by atoms with Crippen molar-refractivity contribution < 1.29 is 36.6 Å². The maximum Gasteiger partial charge on any atom is 0.573 e. The molecular formula is C29H24F4N6O4S. The average Bonchev–Trinajstić information content (AvgIpc) is 3.60. The van der Waals surface area contributed by atoms with Crippen LogP contribution in [0.15, 0.2) is 72.0 Å². The monoisotopic (exact) mass is 628 g/mol. The predicted molar refractivity (Wildman–Crippen MR) is 156 cm³/mol. The molecule has 1 aliphatic heterocycles. The van der Waals surface area contributed by atoms with E-state index in [9.17, 15) is 22.8 Å². The van der Waals surface area contributed by atoms with Crippen LogP contribution < -0.4 is 15.0 Å². The zero-order chi connectivity index (χ0) is 31.6. The van der Waals surface area contributed by atoms with Crippen LogP contribution in [-0.2, 0) is 9.53 Å². The van der Waals surface area contributed by atoms with Gasteiger partial charge in [0.1, 0.15) is 17.9 Å². The lowest BCUT2D eigenvalue weighted by Crippen LogP contribution is -2.31. The normalized spacial score (nSPS) is 15.1. The van der Waals surface area contributed by atoms with Gasteiger partial charge in [-0.05, 0) is 61.9 Å². The van der Waals surface area contributed by atoms with Gasteiger partial charge < -0.3 is 14.8 Å². The summed E-state index contributed by atoms with van der Waals surface area (Å²) in [6.45, 7) is 3.72. The molecule has 1 aliphatic rings. The standard InChI is InChI=1S/C29H24F4N6O4S/c1-16-4-10-21(17(2)42-3)24(12-16)39-25(40)14-44-28(39)36-27(41)35-23-11-7-19(13-22(23)30)38-15-34-26(37-38)18-5-8-20(9-6-18)43-29(31,32)33/h4-13,15,17H,14H2,1-3H3,(H,35,41)/b36-28-. The maximum absolute atomic E-state index is 15.0. The number of carbonyl (C=O) groups excluding carboxylic acids is 2. The first-order chi connectivity index (χ1) is 20.9. The number of amidine groups is 1. The van der Waals surface area contributed by atoms with E-state index in [1.165, 1.54) is 40.2 Å². The second kappa shape index (κ2) is 12.5. The molecule has 228 valence electrons. The summed E-state index contributed by atoms with van der Waals surface area (Å²) in [5.41, 5.74) is 2.71. The number of amides is 3. The highest BCUT2D eigenvalue weighted by Crippen LogP contribution is 2.35. The topological polar surface area (TPSA) is 111 Å². The molecule has 1 fully saturated rings. The van der Waals surface area contributed by atoms with Gasteiger partial charge in [-0.25, -0.2) is 18.9 Å². The van der Waals surface area contributed by atoms with Crippen LogP contribution in [0, 0.1) is 12.7 Å². The molecule has 3 aromatic carbocycles. The van der Waals surface area contributed by atoms with E-state index in [1.54, 1.807) is 7.11 Å². The largest absolute Gasteiger partial charge is 0.573 e. The first-order valence-electron chi connectivity index (χ1n) is 13.0. The van der Waals surface area contributed by atoms with Gasteiger partial charge in [0.05, 0.1) is 28.9 Å². The first-order valence-corrected chi connectivity index (χ1v) is 14.0. The van der Waals surface area contributed by atoms with Crippen LogP contribution in [0.1, 0.15) is 24.2 Å². The highest BCUT2D eigenvalue weighted by molar-refractivity contribution is 8.15. The Hall–Kier alpha value is -4.76. The quantitative estimate of drug-likeness (QED) is 0.228. The molecule has 0 aliphatic carbocycles. The van der Waals surface area contributed by atoms with Gasteiger partial charge in [-0.3, -0.25) is 9.69 Å². The number of thioether (sulfide) groups is 1. The van der Waals surface area contributed by atoms with Crippen molar-refractivity contribution in [3.05, 3.63) is 83.9 Å². The van der Waals surface area contributed by atoms with Crippen molar-refractivity contribution in [3.63, 3.8) is 0 Å². The van der Waals surface area contributed by atoms with Crippen LogP contribution in [0.4, 0.5) is 33.7 Å². The van der Waals surface area contributed by atoms with E-state index in [1.807, 2.05) is 32.0 Å². The molecule has 15 heteroatoms. The molecule has 0 saturated carbocycles. The third kappa shape index (κ3) is 6.89. The molecule has 1 unspecified atom stereocenters. The van der Waals surface area contributed by atoms with Crippen molar-refractivity contribution in [2.24, 2.45) is 4.99 Å². The number of aromatic nitrogens is 3. The second-order valence-electron chi connectivity index (χ2n) is 9.53. The Morgan fingerprint density at radius 3 is 2.55 bits per heavy atom. The number of aryl methyl sites for hydroxylation is 1. The first kappa shape index (κ1) is 30.7. The van der Waals surface area contributed by atoms with Crippen LogP contribution in [-0.4, -0.2) is 51.1 Å². The van der Waals surface area contributed by atoms with E-state index in [-0.39, 0.29) is 40.1 Å². The molecular weight excluding hydrogens is 604 g/mol. The second-order valence-corrected chi connectivity index (χ2v) is 10.5. The summed E-state index contributed by atoms with van der Waals surface area (Å²) >= 11 is 1.09. The van der Waals surface area contributed by atoms with E-state index in [2.05, 4.69) is 25.1 Å². The lowest BCUT2D eigenvalue weighted by atomic mass is 10.0. The van der Waals surface area contributed by atoms with Crippen LogP contribution >= 0.6 is 11.8 Å². The SMILES string of the molecule is COC(C)c1ccc(C)cc1N1C(=O)CS/C1=N\C(=O)Nc1ccc(-n2cnc(-c3ccc(OC(F)(F)F)cc3)n2)cc1F. The lowest BCUT2D eigenvalue weighted by molar-refractivity contribution is -0.274. The Bertz CT molecular complexity index is 1740. The number of alkyl halides is 3. The van der Waals surface area contributed by atoms with Crippen molar-refractivity contribution in [2.75, 3.05) is 23.1 Å². The summed E-state index contributed by atoms with van der Waals surface area (Å²) in [5, 5.41) is 6.80. The third-order valence-electron chi connectivity index (χ3n) is 6.48. The Morgan fingerprint density at radius 1 is 1.11 bits per heavy atom. The van der Waals surface area contributed by atoms with Crippen LogP contribution in [0.2, 0.25) is 0 Å². The van der Waals surface area contributed by atoms with Gasteiger partial charge in [0.2, 0.25) is 5.91 Å². The number of halogens is 4. The molecule has 1 saturated heterocycles. The van der Waals surface area contributed by atoms with Crippen molar-refractivity contribution in [1.29, 1.82) is 0 Å². The summed E-state index contributed by atoms with van der Waals surface area (Å²) in [6.07, 6.45) is -3.83. The number of carbonyl (C=O) groups is 2. The zero-order valence-electron chi connectivity index (χ0n) is 23.4. The van der Waals surface area contributed by atoms with Crippen molar-refractivity contribution in [1.82, 2.24) is 14.8 Å². The average molecular weight is 629 g/mol. The fraction of sp³-hybridized carbons (Fsp3) is 0.207. The number of aliphatic imine (C=N–C) groups is 1. The number of nitrogens with one attached hydrogen (secondary N) is 1. The van der Waals surface area contributed by atoms with E-state index in [0.717, 1.165) is 41.1 Å². The molecule has 0 bridgehead atoms. The van der Waals surface area contributed by atoms with Crippen LogP contribution in [0.25, 0.3) is 17.1 Å². The number of rotatable bonds is 7. The molecule has 3 amide bonds. The highest BCUT2D eigenvalue weighted by Gasteiger charge is 2.33. The summed E-state index contributed by atoms with van der Waals surface area (Å²) in [4.78, 5) is 35.2. The fourth-order valence-electron chi connectivity index (χ4n) is 4.30. The molecule has 1 aromatic heterocycles. The van der Waals surface area contributed by atoms with Gasteiger partial charge in [-0.2, -0.15) is 4.99 Å². The van der Waals surface area contributed by atoms with Crippen molar-refractivity contribution >= 4 is 40.2 Å². The zero-order valence-corrected chi connectivity index (χ0v) is 24.2. The Kier molecular flexibility index (Phi) is 8.69. The molecule has 5 rings (SSSR count). The summed E-state index contributed by atoms with van der Waals surface area (Å²) < 4.78 is 62.8. The van der Waals surface area contributed by atoms with E-state index in [4.69, 9.17) is 4.74 Å². The van der Waals surface area contributed by atoms with Crippen LogP contribution in [0.5, 0.6) is 5.75 Å². The van der Waals surface area contributed by atoms with Gasteiger partial charge in [0.15, 0.2) is 11.0 Å². The summed E-state index contributed by atoms with van der Waals surface area (Å²) in [6, 6.07) is 13.6. The van der Waals surface area contributed by atoms with Crippen molar-refractivity contribution in [2.45, 2.75) is 26.3 Å². The number of benzene rings is 3. The number of hydrogen-bond acceptors (Lipinski definition) is 7. The van der Waals surface area contributed by atoms with Gasteiger partial charge >= 0.3 is 12.4 Å². The Balaban J connectivity index is 1.31. The number of anilines is 2. The Morgan fingerprint density at radius 2 is 1.86 bits per heavy atom. The molecule has 1 atom stereocenters. The van der Waals surface area contributed by atoms with Gasteiger partial charge in [-0.15, -0.1) is 18.3 Å². The van der Waals surface area contributed by atoms with E-state index in [0.29, 0.717) is 11.3 Å². The minimum Gasteiger partial charge on any atom is -0.406 e. The smallest absolute Gasteiger partial charge is 0.406 e. The number of urea groups is 1. The summed E-state index contributed by atoms with van der Waals surface area (Å²) in [7, 11) is 1.55. The minimum absolute atomic E-state index is 0.0787. The highest BCUT2D eigenvalue weighted by atomic mass is 32.2. The van der Waals surface area contributed by atoms with Gasteiger partial charge in [0, 0.05) is 24.3 Å². The molecule has 2 heterocycles. The van der Waals surface area contributed by atoms with Crippen LogP contribution in [0.3, 0.4) is 0 Å². The third-order valence-corrected chi connectivity index (χ3v) is 7.40. The van der Waals surface area contributed by atoms with Gasteiger partial charge in [0.25, 0.3) is 0 Å². The number of nitrogens with zero attached hydrogens (tertiary/aromatic N) is 5. The molecule has 1 N–H and O–H groups in total. The summed E-state index contributed by atoms with van der Waals surface area (Å²) in [5.74, 6) is -1.18. The molecule has 0 radical (unpaired) electrons. The van der Waals surface area contributed by atoms with Gasteiger partial charge in [-0.1, -0.05) is 23.9 Å². The molecule has 4 aromatic rings. The lowest BCUT2D eigenvalue weighted by Gasteiger charge is -2.23. The number of methoxy groups -OCH3 is 1. The predicted octanol–water partition coefficient (Wildman–Crippen LogP) is 6.66. The molecule has 0 spiro atoms. The van der Waals surface area contributed by atoms with E-state index < -0.39 is 24.0 Å². The molecule has 44 heavy (non-hydrogen) atoms.